The van der Waals surface area contributed by atoms with Gasteiger partial charge in [0.05, 0.1) is 6.61 Å². The van der Waals surface area contributed by atoms with Gasteiger partial charge in [-0.25, -0.2) is 0 Å². The van der Waals surface area contributed by atoms with Crippen LogP contribution in [0.1, 0.15) is 24.0 Å². The molecule has 2 heterocycles. The maximum atomic E-state index is 7.57. The third kappa shape index (κ3) is 3.47. The van der Waals surface area contributed by atoms with E-state index in [1.807, 2.05) is 4.90 Å². The summed E-state index contributed by atoms with van der Waals surface area (Å²) in [4.78, 5) is 1.90. The Bertz CT molecular complexity index is 511. The first kappa shape index (κ1) is 14.2. The molecule has 1 aromatic rings. The van der Waals surface area contributed by atoms with Crippen LogP contribution in [0.5, 0.6) is 5.75 Å². The topological polar surface area (TPSA) is 74.4 Å². The van der Waals surface area contributed by atoms with Crippen molar-refractivity contribution in [1.29, 1.82) is 5.41 Å². The standard InChI is InChI=1S/C16H24N4O/c17-16(18)20-8-5-13-1-2-15(9-14(13)10-20)21-11-12-3-6-19-7-4-12/h1-2,9,12,19H,3-8,10-11H2,(H3,17,18). The van der Waals surface area contributed by atoms with E-state index < -0.39 is 0 Å². The third-order valence-electron chi connectivity index (χ3n) is 4.48. The van der Waals surface area contributed by atoms with Crippen LogP contribution in [-0.2, 0) is 13.0 Å². The van der Waals surface area contributed by atoms with Crippen molar-refractivity contribution in [3.8, 4) is 5.75 Å². The lowest BCUT2D eigenvalue weighted by atomic mass is 9.98. The van der Waals surface area contributed by atoms with Crippen molar-refractivity contribution in [2.75, 3.05) is 26.2 Å². The van der Waals surface area contributed by atoms with Gasteiger partial charge < -0.3 is 20.7 Å². The van der Waals surface area contributed by atoms with Crippen LogP contribution in [0.25, 0.3) is 0 Å². The van der Waals surface area contributed by atoms with Crippen molar-refractivity contribution in [3.63, 3.8) is 0 Å². The van der Waals surface area contributed by atoms with Crippen molar-refractivity contribution < 1.29 is 4.74 Å². The number of piperidine rings is 1. The first-order chi connectivity index (χ1) is 10.2. The summed E-state index contributed by atoms with van der Waals surface area (Å²) in [6.45, 7) is 4.56. The smallest absolute Gasteiger partial charge is 0.188 e. The highest BCUT2D eigenvalue weighted by atomic mass is 16.5. The molecule has 0 saturated carbocycles. The second kappa shape index (κ2) is 6.35. The number of hydrogen-bond acceptors (Lipinski definition) is 3. The molecule has 1 saturated heterocycles. The molecule has 5 heteroatoms. The Morgan fingerprint density at radius 2 is 2.14 bits per heavy atom. The summed E-state index contributed by atoms with van der Waals surface area (Å²) < 4.78 is 5.98. The molecule has 2 aliphatic rings. The number of rotatable bonds is 3. The third-order valence-corrected chi connectivity index (χ3v) is 4.48. The maximum absolute atomic E-state index is 7.57. The molecule has 21 heavy (non-hydrogen) atoms. The van der Waals surface area contributed by atoms with Crippen LogP contribution in [-0.4, -0.2) is 37.1 Å². The largest absolute Gasteiger partial charge is 0.493 e. The Morgan fingerprint density at radius 1 is 1.33 bits per heavy atom. The van der Waals surface area contributed by atoms with E-state index in [2.05, 4.69) is 23.5 Å². The van der Waals surface area contributed by atoms with E-state index in [0.717, 1.165) is 45.0 Å². The van der Waals surface area contributed by atoms with Gasteiger partial charge in [0.2, 0.25) is 0 Å². The molecule has 4 N–H and O–H groups in total. The van der Waals surface area contributed by atoms with Crippen LogP contribution in [0, 0.1) is 11.3 Å². The fourth-order valence-corrected chi connectivity index (χ4v) is 3.09. The highest BCUT2D eigenvalue weighted by Gasteiger charge is 2.18. The molecule has 2 aliphatic heterocycles. The van der Waals surface area contributed by atoms with E-state index >= 15 is 0 Å². The number of ether oxygens (including phenoxy) is 1. The molecule has 0 bridgehead atoms. The van der Waals surface area contributed by atoms with E-state index in [4.69, 9.17) is 15.9 Å². The van der Waals surface area contributed by atoms with Crippen LogP contribution in [0.4, 0.5) is 0 Å². The molecule has 0 amide bonds. The quantitative estimate of drug-likeness (QED) is 0.579. The minimum absolute atomic E-state index is 0.154. The van der Waals surface area contributed by atoms with Crippen molar-refractivity contribution >= 4 is 5.96 Å². The number of nitrogens with zero attached hydrogens (tertiary/aromatic N) is 1. The van der Waals surface area contributed by atoms with Crippen molar-refractivity contribution in [2.45, 2.75) is 25.8 Å². The Morgan fingerprint density at radius 3 is 2.90 bits per heavy atom. The Kier molecular flexibility index (Phi) is 4.29. The van der Waals surface area contributed by atoms with Crippen molar-refractivity contribution in [2.24, 2.45) is 11.7 Å². The Hall–Kier alpha value is -1.75. The first-order valence-electron chi connectivity index (χ1n) is 7.76. The second-order valence-corrected chi connectivity index (χ2v) is 5.99. The molecule has 0 unspecified atom stereocenters. The van der Waals surface area contributed by atoms with E-state index in [-0.39, 0.29) is 5.96 Å². The van der Waals surface area contributed by atoms with Crippen LogP contribution in [0.15, 0.2) is 18.2 Å². The summed E-state index contributed by atoms with van der Waals surface area (Å²) in [5, 5.41) is 10.9. The lowest BCUT2D eigenvalue weighted by molar-refractivity contribution is 0.215. The second-order valence-electron chi connectivity index (χ2n) is 5.99. The zero-order valence-electron chi connectivity index (χ0n) is 12.4. The van der Waals surface area contributed by atoms with Crippen LogP contribution in [0.3, 0.4) is 0 Å². The van der Waals surface area contributed by atoms with Gasteiger partial charge in [-0.1, -0.05) is 6.07 Å². The SMILES string of the molecule is N=C(N)N1CCc2ccc(OCC3CCNCC3)cc2C1. The van der Waals surface area contributed by atoms with Gasteiger partial charge in [-0.2, -0.15) is 0 Å². The Labute approximate surface area is 126 Å². The summed E-state index contributed by atoms with van der Waals surface area (Å²) in [7, 11) is 0. The van der Waals surface area contributed by atoms with Crippen molar-refractivity contribution in [3.05, 3.63) is 29.3 Å². The van der Waals surface area contributed by atoms with Crippen LogP contribution < -0.4 is 15.8 Å². The number of fused-ring (bicyclic) bond motifs is 1. The Balaban J connectivity index is 1.62. The summed E-state index contributed by atoms with van der Waals surface area (Å²) in [6.07, 6.45) is 3.34. The van der Waals surface area contributed by atoms with Gasteiger partial charge in [0.15, 0.2) is 5.96 Å². The summed E-state index contributed by atoms with van der Waals surface area (Å²) in [6, 6.07) is 6.35. The minimum Gasteiger partial charge on any atom is -0.493 e. The molecule has 1 fully saturated rings. The monoisotopic (exact) mass is 288 g/mol. The zero-order chi connectivity index (χ0) is 14.7. The number of hydrogen-bond donors (Lipinski definition) is 3. The lowest BCUT2D eigenvalue weighted by Crippen LogP contribution is -2.40. The average Bonchev–Trinajstić information content (AvgIpc) is 2.53. The van der Waals surface area contributed by atoms with Gasteiger partial charge in [0.25, 0.3) is 0 Å². The molecular formula is C16H24N4O. The number of benzene rings is 1. The highest BCUT2D eigenvalue weighted by molar-refractivity contribution is 5.75. The van der Waals surface area contributed by atoms with Crippen molar-refractivity contribution in [1.82, 2.24) is 10.2 Å². The summed E-state index contributed by atoms with van der Waals surface area (Å²) >= 11 is 0. The molecule has 0 aromatic heterocycles. The van der Waals surface area contributed by atoms with E-state index in [1.54, 1.807) is 0 Å². The molecule has 1 aromatic carbocycles. The molecule has 5 nitrogen and oxygen atoms in total. The molecule has 0 radical (unpaired) electrons. The van der Waals surface area contributed by atoms with Crippen LogP contribution >= 0.6 is 0 Å². The van der Waals surface area contributed by atoms with E-state index in [0.29, 0.717) is 5.92 Å². The zero-order valence-corrected chi connectivity index (χ0v) is 12.4. The van der Waals surface area contributed by atoms with Crippen LogP contribution in [0.2, 0.25) is 0 Å². The highest BCUT2D eigenvalue weighted by Crippen LogP contribution is 2.24. The van der Waals surface area contributed by atoms with Gasteiger partial charge in [0, 0.05) is 13.1 Å². The lowest BCUT2D eigenvalue weighted by Gasteiger charge is -2.29. The van der Waals surface area contributed by atoms with E-state index in [9.17, 15) is 0 Å². The summed E-state index contributed by atoms with van der Waals surface area (Å²) in [5.41, 5.74) is 8.17. The fraction of sp³-hybridized carbons (Fsp3) is 0.562. The molecule has 0 aliphatic carbocycles. The number of guanidine groups is 1. The normalized spacial score (nSPS) is 19.1. The van der Waals surface area contributed by atoms with Gasteiger partial charge in [-0.05, 0) is 61.5 Å². The predicted octanol–water partition coefficient (Wildman–Crippen LogP) is 1.32. The minimum atomic E-state index is 0.154. The predicted molar refractivity (Wildman–Crippen MR) is 83.6 cm³/mol. The maximum Gasteiger partial charge on any atom is 0.188 e. The molecule has 0 spiro atoms. The van der Waals surface area contributed by atoms with Gasteiger partial charge in [-0.15, -0.1) is 0 Å². The van der Waals surface area contributed by atoms with E-state index in [1.165, 1.54) is 24.0 Å². The van der Waals surface area contributed by atoms with Gasteiger partial charge in [0.1, 0.15) is 5.75 Å². The molecule has 0 atom stereocenters. The average molecular weight is 288 g/mol. The molecule has 3 rings (SSSR count). The first-order valence-corrected chi connectivity index (χ1v) is 7.76. The number of nitrogens with one attached hydrogen (secondary N) is 2. The molecule has 114 valence electrons. The van der Waals surface area contributed by atoms with Gasteiger partial charge >= 0.3 is 0 Å². The number of nitrogens with two attached hydrogens (primary N) is 1. The van der Waals surface area contributed by atoms with Gasteiger partial charge in [-0.3, -0.25) is 5.41 Å². The summed E-state index contributed by atoms with van der Waals surface area (Å²) in [5.74, 6) is 1.76. The molecular weight excluding hydrogens is 264 g/mol. The fourth-order valence-electron chi connectivity index (χ4n) is 3.09.